The van der Waals surface area contributed by atoms with Gasteiger partial charge in [0.2, 0.25) is 0 Å². The number of nitrogens with zero attached hydrogens (tertiary/aromatic N) is 3. The lowest BCUT2D eigenvalue weighted by atomic mass is 10.2. The summed E-state index contributed by atoms with van der Waals surface area (Å²) in [6, 6.07) is 13.6. The largest absolute Gasteiger partial charge is 0.478 e. The number of carboxylic acids is 1. The van der Waals surface area contributed by atoms with Crippen LogP contribution in [0.3, 0.4) is 0 Å². The van der Waals surface area contributed by atoms with Gasteiger partial charge in [0.05, 0.1) is 18.0 Å². The Kier molecular flexibility index (Phi) is 10.9. The summed E-state index contributed by atoms with van der Waals surface area (Å²) in [6.45, 7) is 2.35. The molecule has 1 N–H and O–H groups in total. The Bertz CT molecular complexity index is 1210. The van der Waals surface area contributed by atoms with E-state index in [9.17, 15) is 19.7 Å². The van der Waals surface area contributed by atoms with Crippen LogP contribution in [0.1, 0.15) is 30.1 Å². The third-order valence-corrected chi connectivity index (χ3v) is 6.87. The maximum absolute atomic E-state index is 11.2. The van der Waals surface area contributed by atoms with Crippen LogP contribution in [0.25, 0.3) is 10.4 Å². The van der Waals surface area contributed by atoms with Crippen molar-refractivity contribution >= 4 is 56.7 Å². The van der Waals surface area contributed by atoms with Gasteiger partial charge in [0.25, 0.3) is 11.6 Å². The van der Waals surface area contributed by atoms with E-state index in [4.69, 9.17) is 17.3 Å². The van der Waals surface area contributed by atoms with Gasteiger partial charge in [0.15, 0.2) is 0 Å². The molecule has 13 heteroatoms. The number of rotatable bonds is 10. The van der Waals surface area contributed by atoms with Crippen LogP contribution in [0.15, 0.2) is 58.8 Å². The minimum atomic E-state index is -1.22. The summed E-state index contributed by atoms with van der Waals surface area (Å²) in [5.74, 6) is -1.27. The van der Waals surface area contributed by atoms with Gasteiger partial charge in [-0.2, -0.15) is 10.2 Å². The maximum atomic E-state index is 11.2. The fourth-order valence-corrected chi connectivity index (χ4v) is 4.77. The summed E-state index contributed by atoms with van der Waals surface area (Å²) < 4.78 is 5.49. The van der Waals surface area contributed by atoms with E-state index in [1.54, 1.807) is 20.7 Å². The molecule has 0 radical (unpaired) electrons. The number of carbonyl (C=O) groups is 2. The highest BCUT2D eigenvalue weighted by atomic mass is 32.9. The Balaban J connectivity index is 0.000000440. The summed E-state index contributed by atoms with van der Waals surface area (Å²) in [5.41, 5.74) is 1.84. The molecular weight excluding hydrogens is 502 g/mol. The van der Waals surface area contributed by atoms with E-state index in [1.807, 2.05) is 37.3 Å². The van der Waals surface area contributed by atoms with E-state index in [0.29, 0.717) is 11.4 Å². The molecule has 0 aliphatic rings. The molecule has 0 atom stereocenters. The minimum Gasteiger partial charge on any atom is -0.478 e. The first kappa shape index (κ1) is 26.7. The zero-order chi connectivity index (χ0) is 24.9. The summed E-state index contributed by atoms with van der Waals surface area (Å²) in [4.78, 5) is 36.2. The highest BCUT2D eigenvalue weighted by Crippen LogP contribution is 2.31. The number of aromatic carboxylic acids is 1. The SMILES string of the molecule is CCCCO[N+](=O)[O-].O=COc1ccc(N=Nc2ccc(-c3cc(=S)ss3)cc2)cc1C(=O)O. The molecule has 3 aromatic rings. The zero-order valence-electron chi connectivity index (χ0n) is 17.8. The molecule has 0 amide bonds. The third-order valence-electron chi connectivity index (χ3n) is 3.96. The summed E-state index contributed by atoms with van der Waals surface area (Å²) in [7, 11) is 3.17. The van der Waals surface area contributed by atoms with Gasteiger partial charge in [-0.25, -0.2) is 4.79 Å². The molecule has 1 heterocycles. The minimum absolute atomic E-state index is 0.0473. The van der Waals surface area contributed by atoms with Crippen molar-refractivity contribution in [3.05, 3.63) is 68.0 Å². The number of hydrogen-bond acceptors (Lipinski definition) is 11. The standard InChI is InChI=1S/C17H10N2O4S3.C4H9NO3/c20-9-23-14-6-5-12(7-13(14)17(21)22)19-18-11-3-1-10(2-4-11)15-8-16(24)26-25-15;1-2-3-4-8-5(6)7/h1-9H,(H,21,22);2-4H2,1H3. The number of carboxylic acid groups (broad SMARTS) is 1. The molecule has 2 aromatic carbocycles. The highest BCUT2D eigenvalue weighted by molar-refractivity contribution is 7.80. The first-order chi connectivity index (χ1) is 16.3. The van der Waals surface area contributed by atoms with Crippen molar-refractivity contribution in [1.29, 1.82) is 0 Å². The van der Waals surface area contributed by atoms with Crippen LogP contribution in [-0.2, 0) is 9.63 Å². The van der Waals surface area contributed by atoms with Crippen LogP contribution >= 0.6 is 32.9 Å². The molecule has 1 aromatic heterocycles. The van der Waals surface area contributed by atoms with E-state index in [1.165, 1.54) is 18.2 Å². The van der Waals surface area contributed by atoms with Crippen molar-refractivity contribution in [2.75, 3.05) is 6.61 Å². The van der Waals surface area contributed by atoms with E-state index in [0.717, 1.165) is 27.1 Å². The van der Waals surface area contributed by atoms with E-state index in [2.05, 4.69) is 19.8 Å². The number of azo groups is 1. The molecule has 0 saturated carbocycles. The lowest BCUT2D eigenvalue weighted by molar-refractivity contribution is -0.757. The van der Waals surface area contributed by atoms with Crippen LogP contribution in [0.5, 0.6) is 5.75 Å². The molecule has 0 spiro atoms. The number of benzene rings is 2. The predicted octanol–water partition coefficient (Wildman–Crippen LogP) is 6.85. The lowest BCUT2D eigenvalue weighted by Gasteiger charge is -2.03. The van der Waals surface area contributed by atoms with E-state index >= 15 is 0 Å². The first-order valence-electron chi connectivity index (χ1n) is 9.71. The molecule has 0 fully saturated rings. The highest BCUT2D eigenvalue weighted by Gasteiger charge is 2.12. The Morgan fingerprint density at radius 3 is 2.38 bits per heavy atom. The van der Waals surface area contributed by atoms with Gasteiger partial charge in [-0.1, -0.05) is 58.4 Å². The molecule has 0 aliphatic heterocycles. The fourth-order valence-electron chi connectivity index (χ4n) is 2.37. The molecule has 0 aliphatic carbocycles. The van der Waals surface area contributed by atoms with Crippen LogP contribution < -0.4 is 4.74 Å². The number of ether oxygens (including phenoxy) is 1. The van der Waals surface area contributed by atoms with Crippen LogP contribution in [0.2, 0.25) is 0 Å². The second kappa shape index (κ2) is 13.9. The van der Waals surface area contributed by atoms with Crippen molar-refractivity contribution in [2.24, 2.45) is 10.2 Å². The maximum Gasteiger partial charge on any atom is 0.339 e. The first-order valence-corrected chi connectivity index (χ1v) is 12.3. The van der Waals surface area contributed by atoms with Crippen molar-refractivity contribution in [1.82, 2.24) is 0 Å². The fraction of sp³-hybridized carbons (Fsp3) is 0.190. The van der Waals surface area contributed by atoms with Crippen LogP contribution in [0, 0.1) is 13.9 Å². The Hall–Kier alpha value is -3.55. The Labute approximate surface area is 206 Å². The second-order valence-electron chi connectivity index (χ2n) is 6.35. The quantitative estimate of drug-likeness (QED) is 0.0581. The average molecular weight is 522 g/mol. The van der Waals surface area contributed by atoms with Gasteiger partial charge in [-0.3, -0.25) is 4.79 Å². The topological polar surface area (TPSA) is 141 Å². The smallest absolute Gasteiger partial charge is 0.339 e. The molecule has 34 heavy (non-hydrogen) atoms. The molecule has 3 rings (SSSR count). The average Bonchev–Trinajstić information content (AvgIpc) is 3.25. The van der Waals surface area contributed by atoms with Gasteiger partial charge >= 0.3 is 5.97 Å². The Morgan fingerprint density at radius 2 is 1.82 bits per heavy atom. The van der Waals surface area contributed by atoms with E-state index < -0.39 is 11.1 Å². The predicted molar refractivity (Wildman–Crippen MR) is 131 cm³/mol. The summed E-state index contributed by atoms with van der Waals surface area (Å²) in [5, 5.41) is 26.0. The van der Waals surface area contributed by atoms with Crippen LogP contribution in [-0.4, -0.2) is 29.2 Å². The Morgan fingerprint density at radius 1 is 1.15 bits per heavy atom. The molecule has 0 saturated heterocycles. The van der Waals surface area contributed by atoms with Gasteiger partial charge in [0.1, 0.15) is 15.1 Å². The van der Waals surface area contributed by atoms with Gasteiger partial charge in [-0.15, -0.1) is 10.1 Å². The van der Waals surface area contributed by atoms with Crippen molar-refractivity contribution < 1.29 is 29.4 Å². The number of unbranched alkanes of at least 4 members (excludes halogenated alkanes) is 1. The third kappa shape index (κ3) is 8.77. The van der Waals surface area contributed by atoms with Crippen molar-refractivity contribution in [3.63, 3.8) is 0 Å². The molecule has 10 nitrogen and oxygen atoms in total. The molecule has 178 valence electrons. The second-order valence-corrected chi connectivity index (χ2v) is 9.26. The number of carbonyl (C=O) groups excluding carboxylic acids is 1. The van der Waals surface area contributed by atoms with Crippen LogP contribution in [0.4, 0.5) is 11.4 Å². The van der Waals surface area contributed by atoms with Gasteiger partial charge < -0.3 is 14.7 Å². The molecule has 0 bridgehead atoms. The summed E-state index contributed by atoms with van der Waals surface area (Å²) >= 11 is 5.13. The van der Waals surface area contributed by atoms with Crippen molar-refractivity contribution in [2.45, 2.75) is 19.8 Å². The summed E-state index contributed by atoms with van der Waals surface area (Å²) in [6.07, 6.45) is 1.68. The lowest BCUT2D eigenvalue weighted by Crippen LogP contribution is -2.01. The van der Waals surface area contributed by atoms with Crippen molar-refractivity contribution in [3.8, 4) is 16.2 Å². The van der Waals surface area contributed by atoms with Gasteiger partial charge in [-0.05, 0) is 48.4 Å². The van der Waals surface area contributed by atoms with Gasteiger partial charge in [0, 0.05) is 4.88 Å². The monoisotopic (exact) mass is 521 g/mol. The zero-order valence-corrected chi connectivity index (χ0v) is 20.2. The van der Waals surface area contributed by atoms with E-state index in [-0.39, 0.29) is 24.4 Å². The normalized spacial score (nSPS) is 10.3. The molecular formula is C21H19N3O7S3. The molecule has 0 unspecified atom stereocenters. The number of hydrogen-bond donors (Lipinski definition) is 1.